The van der Waals surface area contributed by atoms with Crippen LogP contribution in [0.2, 0.25) is 0 Å². The number of aromatic nitrogens is 2. The topological polar surface area (TPSA) is 71.8 Å². The molecule has 1 aromatic heterocycles. The van der Waals surface area contributed by atoms with Crippen LogP contribution in [0.4, 0.5) is 0 Å². The van der Waals surface area contributed by atoms with Crippen LogP contribution in [0.15, 0.2) is 58.2 Å². The Balaban J connectivity index is 1.80. The second-order valence-electron chi connectivity index (χ2n) is 4.67. The first-order valence-electron chi connectivity index (χ1n) is 6.66. The number of rotatable bonds is 4. The lowest BCUT2D eigenvalue weighted by atomic mass is 10.2. The molecule has 3 aromatic rings. The van der Waals surface area contributed by atoms with E-state index in [1.54, 1.807) is 17.8 Å². The number of H-pyrrole nitrogens is 1. The number of aromatic amines is 1. The van der Waals surface area contributed by atoms with Crippen molar-refractivity contribution in [2.45, 2.75) is 17.2 Å². The van der Waals surface area contributed by atoms with Gasteiger partial charge in [0.05, 0.1) is 16.7 Å². The van der Waals surface area contributed by atoms with Crippen LogP contribution >= 0.6 is 11.8 Å². The number of hydrogen-bond donors (Lipinski definition) is 2. The summed E-state index contributed by atoms with van der Waals surface area (Å²) in [5.74, 6) is 1.31. The molecule has 0 bridgehead atoms. The van der Waals surface area contributed by atoms with Crippen LogP contribution in [0.1, 0.15) is 11.4 Å². The lowest BCUT2D eigenvalue weighted by molar-refractivity contribution is 1.04. The van der Waals surface area contributed by atoms with Crippen LogP contribution in [-0.4, -0.2) is 9.97 Å². The van der Waals surface area contributed by atoms with Gasteiger partial charge in [-0.1, -0.05) is 24.3 Å². The predicted octanol–water partition coefficient (Wildman–Crippen LogP) is 2.67. The summed E-state index contributed by atoms with van der Waals surface area (Å²) < 4.78 is 0. The number of nitrogens with zero attached hydrogens (tertiary/aromatic N) is 1. The van der Waals surface area contributed by atoms with E-state index in [1.807, 2.05) is 42.5 Å². The average molecular weight is 297 g/mol. The molecule has 0 unspecified atom stereocenters. The minimum atomic E-state index is -0.0883. The molecule has 0 radical (unpaired) electrons. The van der Waals surface area contributed by atoms with E-state index in [9.17, 15) is 4.79 Å². The fraction of sp³-hybridized carbons (Fsp3) is 0.125. The molecule has 0 aliphatic rings. The summed E-state index contributed by atoms with van der Waals surface area (Å²) in [6.07, 6.45) is 0. The second kappa shape index (κ2) is 6.11. The Morgan fingerprint density at radius 3 is 2.62 bits per heavy atom. The van der Waals surface area contributed by atoms with Crippen molar-refractivity contribution in [3.8, 4) is 0 Å². The summed E-state index contributed by atoms with van der Waals surface area (Å²) in [6, 6.07) is 15.5. The largest absolute Gasteiger partial charge is 0.326 e. The van der Waals surface area contributed by atoms with Gasteiger partial charge in [-0.3, -0.25) is 4.79 Å². The summed E-state index contributed by atoms with van der Waals surface area (Å²) in [7, 11) is 0. The lowest BCUT2D eigenvalue weighted by Gasteiger charge is -2.04. The van der Waals surface area contributed by atoms with Crippen molar-refractivity contribution in [2.75, 3.05) is 0 Å². The maximum atomic E-state index is 12.0. The molecule has 21 heavy (non-hydrogen) atoms. The van der Waals surface area contributed by atoms with Gasteiger partial charge in [0.1, 0.15) is 5.82 Å². The zero-order valence-corrected chi connectivity index (χ0v) is 12.2. The summed E-state index contributed by atoms with van der Waals surface area (Å²) in [6.45, 7) is 0.546. The SMILES string of the molecule is NCc1ccc(SCc2nc3ccccc3c(=O)[nH]2)cc1. The number of para-hydroxylation sites is 1. The standard InChI is InChI=1S/C16H15N3OS/c17-9-11-5-7-12(8-6-11)21-10-15-18-14-4-2-1-3-13(14)16(20)19-15/h1-8H,9-10,17H2,(H,18,19,20). The molecule has 0 saturated heterocycles. The Kier molecular flexibility index (Phi) is 4.03. The zero-order chi connectivity index (χ0) is 14.7. The van der Waals surface area contributed by atoms with Crippen molar-refractivity contribution in [1.82, 2.24) is 9.97 Å². The number of benzene rings is 2. The molecule has 0 amide bonds. The highest BCUT2D eigenvalue weighted by Crippen LogP contribution is 2.21. The third-order valence-corrected chi connectivity index (χ3v) is 4.22. The van der Waals surface area contributed by atoms with E-state index >= 15 is 0 Å². The van der Waals surface area contributed by atoms with E-state index in [-0.39, 0.29) is 5.56 Å². The molecule has 106 valence electrons. The van der Waals surface area contributed by atoms with Crippen LogP contribution < -0.4 is 11.3 Å². The predicted molar refractivity (Wildman–Crippen MR) is 86.3 cm³/mol. The van der Waals surface area contributed by atoms with Gasteiger partial charge in [0, 0.05) is 11.4 Å². The van der Waals surface area contributed by atoms with Crippen LogP contribution in [0.25, 0.3) is 10.9 Å². The van der Waals surface area contributed by atoms with Crippen LogP contribution in [0.3, 0.4) is 0 Å². The van der Waals surface area contributed by atoms with Crippen molar-refractivity contribution in [2.24, 2.45) is 5.73 Å². The van der Waals surface area contributed by atoms with E-state index in [0.717, 1.165) is 16.0 Å². The van der Waals surface area contributed by atoms with Gasteiger partial charge < -0.3 is 10.7 Å². The van der Waals surface area contributed by atoms with Gasteiger partial charge >= 0.3 is 0 Å². The van der Waals surface area contributed by atoms with Gasteiger partial charge in [0.25, 0.3) is 5.56 Å². The lowest BCUT2D eigenvalue weighted by Crippen LogP contribution is -2.11. The van der Waals surface area contributed by atoms with E-state index in [4.69, 9.17) is 5.73 Å². The smallest absolute Gasteiger partial charge is 0.258 e. The Morgan fingerprint density at radius 2 is 1.86 bits per heavy atom. The Hall–Kier alpha value is -2.11. The number of nitrogens with two attached hydrogens (primary N) is 1. The molecule has 0 aliphatic carbocycles. The Labute approximate surface area is 126 Å². The van der Waals surface area contributed by atoms with Gasteiger partial charge in [-0.05, 0) is 29.8 Å². The number of nitrogens with one attached hydrogen (secondary N) is 1. The zero-order valence-electron chi connectivity index (χ0n) is 11.4. The highest BCUT2D eigenvalue weighted by molar-refractivity contribution is 7.98. The fourth-order valence-electron chi connectivity index (χ4n) is 2.08. The summed E-state index contributed by atoms with van der Waals surface area (Å²) in [5.41, 5.74) is 7.33. The van der Waals surface area contributed by atoms with Crippen molar-refractivity contribution in [3.05, 3.63) is 70.3 Å². The maximum absolute atomic E-state index is 12.0. The summed E-state index contributed by atoms with van der Waals surface area (Å²) in [5, 5.41) is 0.624. The van der Waals surface area contributed by atoms with Crippen molar-refractivity contribution in [1.29, 1.82) is 0 Å². The third-order valence-electron chi connectivity index (χ3n) is 3.20. The minimum Gasteiger partial charge on any atom is -0.326 e. The number of hydrogen-bond acceptors (Lipinski definition) is 4. The van der Waals surface area contributed by atoms with Gasteiger partial charge in [-0.2, -0.15) is 0 Å². The number of fused-ring (bicyclic) bond motifs is 1. The Bertz CT molecular complexity index is 812. The molecule has 0 saturated carbocycles. The first kappa shape index (κ1) is 13.9. The van der Waals surface area contributed by atoms with E-state index in [2.05, 4.69) is 9.97 Å². The quantitative estimate of drug-likeness (QED) is 0.726. The molecule has 0 spiro atoms. The van der Waals surface area contributed by atoms with Crippen molar-refractivity contribution >= 4 is 22.7 Å². The minimum absolute atomic E-state index is 0.0883. The van der Waals surface area contributed by atoms with Gasteiger partial charge in [0.15, 0.2) is 0 Å². The van der Waals surface area contributed by atoms with Gasteiger partial charge in [-0.25, -0.2) is 4.98 Å². The molecule has 0 atom stereocenters. The van der Waals surface area contributed by atoms with Crippen molar-refractivity contribution in [3.63, 3.8) is 0 Å². The molecule has 5 heteroatoms. The van der Waals surface area contributed by atoms with Crippen LogP contribution in [0, 0.1) is 0 Å². The maximum Gasteiger partial charge on any atom is 0.258 e. The summed E-state index contributed by atoms with van der Waals surface area (Å²) in [4.78, 5) is 20.4. The average Bonchev–Trinajstić information content (AvgIpc) is 2.53. The Morgan fingerprint density at radius 1 is 1.10 bits per heavy atom. The molecule has 3 N–H and O–H groups in total. The highest BCUT2D eigenvalue weighted by Gasteiger charge is 2.04. The molecular formula is C16H15N3OS. The van der Waals surface area contributed by atoms with E-state index in [1.165, 1.54) is 0 Å². The van der Waals surface area contributed by atoms with Gasteiger partial charge in [0.2, 0.25) is 0 Å². The second-order valence-corrected chi connectivity index (χ2v) is 5.72. The molecule has 3 rings (SSSR count). The third kappa shape index (κ3) is 3.15. The first-order valence-corrected chi connectivity index (χ1v) is 7.64. The molecule has 2 aromatic carbocycles. The van der Waals surface area contributed by atoms with Crippen LogP contribution in [-0.2, 0) is 12.3 Å². The molecular weight excluding hydrogens is 282 g/mol. The van der Waals surface area contributed by atoms with Crippen molar-refractivity contribution < 1.29 is 0 Å². The highest BCUT2D eigenvalue weighted by atomic mass is 32.2. The molecule has 4 nitrogen and oxygen atoms in total. The monoisotopic (exact) mass is 297 g/mol. The van der Waals surface area contributed by atoms with Crippen LogP contribution in [0.5, 0.6) is 0 Å². The summed E-state index contributed by atoms with van der Waals surface area (Å²) >= 11 is 1.64. The first-order chi connectivity index (χ1) is 10.3. The molecule has 1 heterocycles. The molecule has 0 fully saturated rings. The molecule has 0 aliphatic heterocycles. The van der Waals surface area contributed by atoms with Gasteiger partial charge in [-0.15, -0.1) is 11.8 Å². The number of thioether (sulfide) groups is 1. The normalized spacial score (nSPS) is 10.9. The fourth-order valence-corrected chi connectivity index (χ4v) is 2.85. The van der Waals surface area contributed by atoms with E-state index in [0.29, 0.717) is 23.5 Å². The van der Waals surface area contributed by atoms with E-state index < -0.39 is 0 Å².